The average Bonchev–Trinajstić information content (AvgIpc) is 2.11. The zero-order valence-electron chi connectivity index (χ0n) is 7.95. The van der Waals surface area contributed by atoms with Crippen molar-refractivity contribution in [3.63, 3.8) is 0 Å². The molecule has 1 aromatic rings. The van der Waals surface area contributed by atoms with Gasteiger partial charge in [-0.05, 0) is 23.8 Å². The van der Waals surface area contributed by atoms with E-state index >= 15 is 0 Å². The molecule has 0 fully saturated rings. The molecule has 0 heterocycles. The SMILES string of the molecule is CON(C)Cc1cc(N)ccc1N. The number of nitrogen functional groups attached to an aromatic ring is 2. The van der Waals surface area contributed by atoms with Crippen LogP contribution in [0.25, 0.3) is 0 Å². The Morgan fingerprint density at radius 2 is 2.08 bits per heavy atom. The Kier molecular flexibility index (Phi) is 3.11. The first-order valence-corrected chi connectivity index (χ1v) is 4.02. The van der Waals surface area contributed by atoms with E-state index in [1.807, 2.05) is 13.1 Å². The van der Waals surface area contributed by atoms with Crippen molar-refractivity contribution in [3.8, 4) is 0 Å². The van der Waals surface area contributed by atoms with Crippen LogP contribution >= 0.6 is 0 Å². The fourth-order valence-electron chi connectivity index (χ4n) is 1.07. The number of hydroxylamine groups is 2. The number of hydrogen-bond acceptors (Lipinski definition) is 4. The molecule has 0 amide bonds. The van der Waals surface area contributed by atoms with Crippen molar-refractivity contribution >= 4 is 11.4 Å². The molecule has 4 nitrogen and oxygen atoms in total. The minimum Gasteiger partial charge on any atom is -0.399 e. The van der Waals surface area contributed by atoms with Crippen molar-refractivity contribution < 1.29 is 4.84 Å². The first-order chi connectivity index (χ1) is 6.13. The Morgan fingerprint density at radius 1 is 1.38 bits per heavy atom. The lowest BCUT2D eigenvalue weighted by Gasteiger charge is -2.15. The fourth-order valence-corrected chi connectivity index (χ4v) is 1.07. The standard InChI is InChI=1S/C9H15N3O/c1-12(13-2)6-7-5-8(10)3-4-9(7)11/h3-5H,6,10-11H2,1-2H3. The second kappa shape index (κ2) is 4.11. The van der Waals surface area contributed by atoms with E-state index < -0.39 is 0 Å². The van der Waals surface area contributed by atoms with Gasteiger partial charge in [-0.15, -0.1) is 0 Å². The normalized spacial score (nSPS) is 10.7. The van der Waals surface area contributed by atoms with Gasteiger partial charge in [0.05, 0.1) is 13.7 Å². The monoisotopic (exact) mass is 181 g/mol. The molecule has 0 saturated heterocycles. The highest BCUT2D eigenvalue weighted by Gasteiger charge is 2.02. The maximum atomic E-state index is 5.75. The molecule has 1 aromatic carbocycles. The minimum absolute atomic E-state index is 0.632. The van der Waals surface area contributed by atoms with Crippen molar-refractivity contribution in [1.82, 2.24) is 5.06 Å². The van der Waals surface area contributed by atoms with Crippen LogP contribution in [0.2, 0.25) is 0 Å². The third kappa shape index (κ3) is 2.61. The molecule has 0 aromatic heterocycles. The molecule has 4 N–H and O–H groups in total. The summed E-state index contributed by atoms with van der Waals surface area (Å²) in [6.45, 7) is 0.632. The molecule has 0 unspecified atom stereocenters. The van der Waals surface area contributed by atoms with Crippen LogP contribution in [0, 0.1) is 0 Å². The molecule has 0 aliphatic rings. The molecule has 72 valence electrons. The van der Waals surface area contributed by atoms with E-state index in [0.29, 0.717) is 12.2 Å². The van der Waals surface area contributed by atoms with Crippen LogP contribution in [0.15, 0.2) is 18.2 Å². The van der Waals surface area contributed by atoms with Crippen LogP contribution in [0.5, 0.6) is 0 Å². The number of rotatable bonds is 3. The summed E-state index contributed by atoms with van der Waals surface area (Å²) in [7, 11) is 3.45. The van der Waals surface area contributed by atoms with E-state index in [2.05, 4.69) is 0 Å². The van der Waals surface area contributed by atoms with Gasteiger partial charge >= 0.3 is 0 Å². The number of nitrogens with two attached hydrogens (primary N) is 2. The van der Waals surface area contributed by atoms with Crippen LogP contribution in [-0.2, 0) is 11.4 Å². The second-order valence-corrected chi connectivity index (χ2v) is 2.93. The minimum atomic E-state index is 0.632. The largest absolute Gasteiger partial charge is 0.399 e. The lowest BCUT2D eigenvalue weighted by atomic mass is 10.1. The highest BCUT2D eigenvalue weighted by molar-refractivity contribution is 5.55. The quantitative estimate of drug-likeness (QED) is 0.536. The summed E-state index contributed by atoms with van der Waals surface area (Å²) in [5.74, 6) is 0. The molecule has 0 bridgehead atoms. The number of benzene rings is 1. The van der Waals surface area contributed by atoms with E-state index in [1.165, 1.54) is 0 Å². The summed E-state index contributed by atoms with van der Waals surface area (Å²) >= 11 is 0. The highest BCUT2D eigenvalue weighted by atomic mass is 16.7. The van der Waals surface area contributed by atoms with E-state index in [0.717, 1.165) is 11.3 Å². The van der Waals surface area contributed by atoms with Gasteiger partial charge in [-0.3, -0.25) is 0 Å². The van der Waals surface area contributed by atoms with Crippen molar-refractivity contribution in [3.05, 3.63) is 23.8 Å². The van der Waals surface area contributed by atoms with Crippen LogP contribution in [-0.4, -0.2) is 19.2 Å². The van der Waals surface area contributed by atoms with Crippen molar-refractivity contribution in [1.29, 1.82) is 0 Å². The lowest BCUT2D eigenvalue weighted by molar-refractivity contribution is -0.116. The lowest BCUT2D eigenvalue weighted by Crippen LogP contribution is -2.16. The van der Waals surface area contributed by atoms with Crippen molar-refractivity contribution in [2.24, 2.45) is 0 Å². The molecule has 0 atom stereocenters. The van der Waals surface area contributed by atoms with Gasteiger partial charge in [0.1, 0.15) is 0 Å². The number of nitrogens with zero attached hydrogens (tertiary/aromatic N) is 1. The van der Waals surface area contributed by atoms with Crippen LogP contribution < -0.4 is 11.5 Å². The predicted molar refractivity (Wildman–Crippen MR) is 53.7 cm³/mol. The summed E-state index contributed by atoms with van der Waals surface area (Å²) in [5.41, 5.74) is 13.8. The summed E-state index contributed by atoms with van der Waals surface area (Å²) in [4.78, 5) is 4.99. The van der Waals surface area contributed by atoms with Crippen LogP contribution in [0.1, 0.15) is 5.56 Å². The summed E-state index contributed by atoms with van der Waals surface area (Å²) in [6, 6.07) is 5.44. The molecule has 0 saturated carbocycles. The van der Waals surface area contributed by atoms with Crippen molar-refractivity contribution in [2.75, 3.05) is 25.6 Å². The molecule has 0 radical (unpaired) electrons. The van der Waals surface area contributed by atoms with E-state index in [4.69, 9.17) is 16.3 Å². The maximum Gasteiger partial charge on any atom is 0.0575 e. The molecule has 0 spiro atoms. The second-order valence-electron chi connectivity index (χ2n) is 2.93. The molecule has 0 aliphatic carbocycles. The Labute approximate surface area is 78.0 Å². The average molecular weight is 181 g/mol. The molecule has 13 heavy (non-hydrogen) atoms. The maximum absolute atomic E-state index is 5.75. The van der Waals surface area contributed by atoms with Crippen LogP contribution in [0.4, 0.5) is 11.4 Å². The van der Waals surface area contributed by atoms with E-state index in [9.17, 15) is 0 Å². The first-order valence-electron chi connectivity index (χ1n) is 4.02. The molecular weight excluding hydrogens is 166 g/mol. The summed E-state index contributed by atoms with van der Waals surface area (Å²) in [6.07, 6.45) is 0. The van der Waals surface area contributed by atoms with E-state index in [1.54, 1.807) is 24.3 Å². The van der Waals surface area contributed by atoms with Gasteiger partial charge in [-0.1, -0.05) is 0 Å². The van der Waals surface area contributed by atoms with Gasteiger partial charge < -0.3 is 16.3 Å². The van der Waals surface area contributed by atoms with Gasteiger partial charge in [-0.25, -0.2) is 0 Å². The fraction of sp³-hybridized carbons (Fsp3) is 0.333. The topological polar surface area (TPSA) is 64.5 Å². The zero-order chi connectivity index (χ0) is 9.84. The van der Waals surface area contributed by atoms with Crippen molar-refractivity contribution in [2.45, 2.75) is 6.54 Å². The third-order valence-electron chi connectivity index (χ3n) is 1.87. The smallest absolute Gasteiger partial charge is 0.0575 e. The Hall–Kier alpha value is -1.26. The Morgan fingerprint density at radius 3 is 2.69 bits per heavy atom. The first kappa shape index (κ1) is 9.83. The Bertz CT molecular complexity index is 288. The number of anilines is 2. The zero-order valence-corrected chi connectivity index (χ0v) is 7.95. The Balaban J connectivity index is 2.81. The van der Waals surface area contributed by atoms with Gasteiger partial charge in [0.15, 0.2) is 0 Å². The molecule has 0 aliphatic heterocycles. The van der Waals surface area contributed by atoms with Gasteiger partial charge in [0, 0.05) is 18.4 Å². The summed E-state index contributed by atoms with van der Waals surface area (Å²) < 4.78 is 0. The van der Waals surface area contributed by atoms with Crippen LogP contribution in [0.3, 0.4) is 0 Å². The molecule has 4 heteroatoms. The van der Waals surface area contributed by atoms with Gasteiger partial charge in [0.25, 0.3) is 0 Å². The van der Waals surface area contributed by atoms with E-state index in [-0.39, 0.29) is 0 Å². The highest BCUT2D eigenvalue weighted by Crippen LogP contribution is 2.16. The molecular formula is C9H15N3O. The third-order valence-corrected chi connectivity index (χ3v) is 1.87. The predicted octanol–water partition coefficient (Wildman–Crippen LogP) is 0.844. The van der Waals surface area contributed by atoms with Gasteiger partial charge in [0.2, 0.25) is 0 Å². The van der Waals surface area contributed by atoms with Gasteiger partial charge in [-0.2, -0.15) is 5.06 Å². The number of hydrogen-bond donors (Lipinski definition) is 2. The summed E-state index contributed by atoms with van der Waals surface area (Å²) in [5, 5.41) is 1.69. The molecule has 1 rings (SSSR count).